The molecule has 72 valence electrons. The van der Waals surface area contributed by atoms with Gasteiger partial charge in [0.25, 0.3) is 0 Å². The average molecular weight is 196 g/mol. The molecule has 1 unspecified atom stereocenters. The predicted octanol–water partition coefficient (Wildman–Crippen LogP) is 2.15. The highest BCUT2D eigenvalue weighted by Gasteiger charge is 2.19. The van der Waals surface area contributed by atoms with Crippen molar-refractivity contribution in [3.63, 3.8) is 0 Å². The van der Waals surface area contributed by atoms with Crippen molar-refractivity contribution in [3.8, 4) is 0 Å². The van der Waals surface area contributed by atoms with Crippen LogP contribution in [0.5, 0.6) is 0 Å². The zero-order valence-electron chi connectivity index (χ0n) is 8.21. The minimum Gasteiger partial charge on any atom is -0.330 e. The number of aromatic nitrogens is 1. The molecular weight excluding hydrogens is 180 g/mol. The molecule has 0 aromatic carbocycles. The molecular formula is C10H16N2S. The first kappa shape index (κ1) is 10.4. The van der Waals surface area contributed by atoms with Crippen molar-refractivity contribution in [3.05, 3.63) is 28.7 Å². The van der Waals surface area contributed by atoms with Crippen LogP contribution in [-0.2, 0) is 6.42 Å². The van der Waals surface area contributed by atoms with E-state index in [0.717, 1.165) is 11.4 Å². The van der Waals surface area contributed by atoms with Crippen molar-refractivity contribution in [2.45, 2.75) is 20.3 Å². The summed E-state index contributed by atoms with van der Waals surface area (Å²) in [6.07, 6.45) is 4.80. The van der Waals surface area contributed by atoms with Crippen LogP contribution < -0.4 is 5.73 Å². The maximum absolute atomic E-state index is 5.69. The van der Waals surface area contributed by atoms with Gasteiger partial charge in [-0.3, -0.25) is 0 Å². The summed E-state index contributed by atoms with van der Waals surface area (Å²) in [5.41, 5.74) is 5.70. The molecule has 0 spiro atoms. The van der Waals surface area contributed by atoms with E-state index in [1.54, 1.807) is 11.3 Å². The molecule has 0 fully saturated rings. The van der Waals surface area contributed by atoms with E-state index in [0.29, 0.717) is 6.54 Å². The lowest BCUT2D eigenvalue weighted by atomic mass is 9.87. The monoisotopic (exact) mass is 196 g/mol. The van der Waals surface area contributed by atoms with E-state index in [-0.39, 0.29) is 5.41 Å². The highest BCUT2D eigenvalue weighted by Crippen LogP contribution is 2.25. The summed E-state index contributed by atoms with van der Waals surface area (Å²) in [4.78, 5) is 5.50. The summed E-state index contributed by atoms with van der Waals surface area (Å²) in [5, 5.41) is 1.11. The van der Waals surface area contributed by atoms with E-state index in [1.807, 2.05) is 19.2 Å². The number of aryl methyl sites for hydroxylation is 1. The summed E-state index contributed by atoms with van der Waals surface area (Å²) in [6.45, 7) is 8.58. The maximum atomic E-state index is 5.69. The molecule has 1 atom stereocenters. The third-order valence-electron chi connectivity index (χ3n) is 2.21. The van der Waals surface area contributed by atoms with Gasteiger partial charge in [0, 0.05) is 23.0 Å². The van der Waals surface area contributed by atoms with Gasteiger partial charge in [0.1, 0.15) is 0 Å². The first-order valence-electron chi connectivity index (χ1n) is 4.34. The summed E-state index contributed by atoms with van der Waals surface area (Å²) in [6, 6.07) is 0. The van der Waals surface area contributed by atoms with Crippen molar-refractivity contribution in [2.75, 3.05) is 6.54 Å². The van der Waals surface area contributed by atoms with Crippen LogP contribution in [0.2, 0.25) is 0 Å². The van der Waals surface area contributed by atoms with Gasteiger partial charge >= 0.3 is 0 Å². The molecule has 0 aliphatic rings. The molecule has 1 heterocycles. The lowest BCUT2D eigenvalue weighted by Crippen LogP contribution is -2.26. The van der Waals surface area contributed by atoms with Crippen LogP contribution in [0.1, 0.15) is 16.8 Å². The van der Waals surface area contributed by atoms with Gasteiger partial charge < -0.3 is 5.73 Å². The Morgan fingerprint density at radius 2 is 2.46 bits per heavy atom. The molecule has 3 heteroatoms. The van der Waals surface area contributed by atoms with E-state index < -0.39 is 0 Å². The Morgan fingerprint density at radius 1 is 1.77 bits per heavy atom. The fourth-order valence-electron chi connectivity index (χ4n) is 1.11. The highest BCUT2D eigenvalue weighted by molar-refractivity contribution is 7.11. The third-order valence-corrected chi connectivity index (χ3v) is 3.12. The molecule has 13 heavy (non-hydrogen) atoms. The molecule has 0 saturated carbocycles. The standard InChI is InChI=1S/C10H16N2S/c1-4-10(3,7-11)5-9-6-12-8(2)13-9/h4,6H,1,5,7,11H2,2-3H3. The van der Waals surface area contributed by atoms with Crippen LogP contribution in [0, 0.1) is 12.3 Å². The zero-order chi connectivity index (χ0) is 9.90. The normalized spacial score (nSPS) is 15.3. The molecule has 0 bridgehead atoms. The summed E-state index contributed by atoms with van der Waals surface area (Å²) in [7, 11) is 0. The molecule has 0 amide bonds. The summed E-state index contributed by atoms with van der Waals surface area (Å²) in [5.74, 6) is 0. The Balaban J connectivity index is 2.72. The van der Waals surface area contributed by atoms with Gasteiger partial charge in [-0.2, -0.15) is 0 Å². The van der Waals surface area contributed by atoms with E-state index in [1.165, 1.54) is 4.88 Å². The van der Waals surface area contributed by atoms with Crippen molar-refractivity contribution in [1.29, 1.82) is 0 Å². The van der Waals surface area contributed by atoms with Gasteiger partial charge in [0.15, 0.2) is 0 Å². The lowest BCUT2D eigenvalue weighted by molar-refractivity contribution is 0.442. The van der Waals surface area contributed by atoms with Gasteiger partial charge in [0.2, 0.25) is 0 Å². The SMILES string of the molecule is C=CC(C)(CN)Cc1cnc(C)s1. The fraction of sp³-hybridized carbons (Fsp3) is 0.500. The van der Waals surface area contributed by atoms with Gasteiger partial charge in [-0.15, -0.1) is 17.9 Å². The largest absolute Gasteiger partial charge is 0.330 e. The average Bonchev–Trinajstić information content (AvgIpc) is 2.51. The van der Waals surface area contributed by atoms with Crippen molar-refractivity contribution in [1.82, 2.24) is 4.98 Å². The minimum absolute atomic E-state index is 0.0129. The van der Waals surface area contributed by atoms with E-state index in [2.05, 4.69) is 18.5 Å². The number of hydrogen-bond acceptors (Lipinski definition) is 3. The fourth-order valence-corrected chi connectivity index (χ4v) is 2.10. The van der Waals surface area contributed by atoms with Crippen molar-refractivity contribution >= 4 is 11.3 Å². The van der Waals surface area contributed by atoms with E-state index in [4.69, 9.17) is 5.73 Å². The van der Waals surface area contributed by atoms with Crippen LogP contribution in [0.3, 0.4) is 0 Å². The number of nitrogens with two attached hydrogens (primary N) is 1. The first-order valence-corrected chi connectivity index (χ1v) is 5.16. The number of hydrogen-bond donors (Lipinski definition) is 1. The van der Waals surface area contributed by atoms with Gasteiger partial charge in [0.05, 0.1) is 5.01 Å². The molecule has 0 aliphatic heterocycles. The molecule has 0 saturated heterocycles. The molecule has 0 aliphatic carbocycles. The quantitative estimate of drug-likeness (QED) is 0.749. The second-order valence-corrected chi connectivity index (χ2v) is 4.90. The Bertz CT molecular complexity index is 293. The zero-order valence-corrected chi connectivity index (χ0v) is 9.03. The van der Waals surface area contributed by atoms with Crippen LogP contribution in [0.25, 0.3) is 0 Å². The summed E-state index contributed by atoms with van der Waals surface area (Å²) < 4.78 is 0. The second-order valence-electron chi connectivity index (χ2n) is 3.58. The van der Waals surface area contributed by atoms with Crippen LogP contribution in [-0.4, -0.2) is 11.5 Å². The van der Waals surface area contributed by atoms with Crippen molar-refractivity contribution in [2.24, 2.45) is 11.1 Å². The Morgan fingerprint density at radius 3 is 2.85 bits per heavy atom. The van der Waals surface area contributed by atoms with Gasteiger partial charge in [-0.25, -0.2) is 4.98 Å². The maximum Gasteiger partial charge on any atom is 0.0896 e. The Kier molecular flexibility index (Phi) is 3.22. The number of thiazole rings is 1. The van der Waals surface area contributed by atoms with Crippen LogP contribution in [0.4, 0.5) is 0 Å². The first-order chi connectivity index (χ1) is 6.09. The highest BCUT2D eigenvalue weighted by atomic mass is 32.1. The third kappa shape index (κ3) is 2.64. The van der Waals surface area contributed by atoms with E-state index in [9.17, 15) is 0 Å². The Hall–Kier alpha value is -0.670. The molecule has 2 N–H and O–H groups in total. The summed E-state index contributed by atoms with van der Waals surface area (Å²) >= 11 is 1.73. The van der Waals surface area contributed by atoms with Crippen molar-refractivity contribution < 1.29 is 0 Å². The van der Waals surface area contributed by atoms with Gasteiger partial charge in [-0.1, -0.05) is 13.0 Å². The molecule has 1 aromatic rings. The van der Waals surface area contributed by atoms with E-state index >= 15 is 0 Å². The molecule has 1 rings (SSSR count). The number of rotatable bonds is 4. The Labute approximate surface area is 83.5 Å². The second kappa shape index (κ2) is 4.03. The lowest BCUT2D eigenvalue weighted by Gasteiger charge is -2.22. The molecule has 2 nitrogen and oxygen atoms in total. The molecule has 1 aromatic heterocycles. The minimum atomic E-state index is 0.0129. The molecule has 0 radical (unpaired) electrons. The van der Waals surface area contributed by atoms with Gasteiger partial charge in [-0.05, 0) is 13.3 Å². The van der Waals surface area contributed by atoms with Crippen LogP contribution in [0.15, 0.2) is 18.9 Å². The topological polar surface area (TPSA) is 38.9 Å². The van der Waals surface area contributed by atoms with Crippen LogP contribution >= 0.6 is 11.3 Å². The predicted molar refractivity (Wildman–Crippen MR) is 57.9 cm³/mol. The smallest absolute Gasteiger partial charge is 0.0896 e. The number of nitrogens with zero attached hydrogens (tertiary/aromatic N) is 1.